The molecule has 110 valence electrons. The van der Waals surface area contributed by atoms with E-state index in [-0.39, 0.29) is 13.3 Å². The minimum absolute atomic E-state index is 0. The zero-order valence-electron chi connectivity index (χ0n) is 12.6. The minimum atomic E-state index is -0.241. The fourth-order valence-electron chi connectivity index (χ4n) is 0.989. The maximum atomic E-state index is 9.92. The van der Waals surface area contributed by atoms with Gasteiger partial charge in [-0.05, 0) is 6.42 Å². The molecule has 0 radical (unpaired) electrons. The van der Waals surface area contributed by atoms with Crippen molar-refractivity contribution in [3.8, 4) is 0 Å². The van der Waals surface area contributed by atoms with Gasteiger partial charge in [0.05, 0.1) is 12.8 Å². The molecular formula is C14H32N2O2. The van der Waals surface area contributed by atoms with Gasteiger partial charge in [0.25, 0.3) is 0 Å². The van der Waals surface area contributed by atoms with Crippen LogP contribution in [0.1, 0.15) is 48.9 Å². The van der Waals surface area contributed by atoms with Crippen LogP contribution in [0, 0.1) is 5.92 Å². The molecule has 0 unspecified atom stereocenters. The smallest absolute Gasteiger partial charge is 0.219 e. The molecule has 0 bridgehead atoms. The Hall–Kier alpha value is -1.19. The first kappa shape index (κ1) is 19.2. The second-order valence-electron chi connectivity index (χ2n) is 4.10. The van der Waals surface area contributed by atoms with Gasteiger partial charge in [0.2, 0.25) is 5.91 Å². The van der Waals surface area contributed by atoms with Crippen molar-refractivity contribution in [2.75, 3.05) is 19.7 Å². The molecule has 1 aliphatic rings. The minimum Gasteiger partial charge on any atom is -0.498 e. The molecule has 0 aromatic heterocycles. The SMILES string of the molecule is CC.CC(C)C(N)=O.CCCCN1C=COCC1.[HH]. The van der Waals surface area contributed by atoms with Crippen LogP contribution in [0.5, 0.6) is 0 Å². The van der Waals surface area contributed by atoms with Crippen LogP contribution < -0.4 is 5.73 Å². The molecule has 0 aromatic carbocycles. The van der Waals surface area contributed by atoms with Gasteiger partial charge in [-0.2, -0.15) is 0 Å². The first-order valence-electron chi connectivity index (χ1n) is 6.89. The van der Waals surface area contributed by atoms with Gasteiger partial charge in [-0.25, -0.2) is 0 Å². The van der Waals surface area contributed by atoms with Gasteiger partial charge in [0.15, 0.2) is 0 Å². The molecule has 4 nitrogen and oxygen atoms in total. The number of nitrogens with zero attached hydrogens (tertiary/aromatic N) is 1. The average molecular weight is 260 g/mol. The van der Waals surface area contributed by atoms with Crippen molar-refractivity contribution in [1.29, 1.82) is 0 Å². The van der Waals surface area contributed by atoms with Crippen molar-refractivity contribution in [3.05, 3.63) is 12.5 Å². The zero-order valence-corrected chi connectivity index (χ0v) is 12.6. The number of amides is 1. The third-order valence-corrected chi connectivity index (χ3v) is 2.23. The van der Waals surface area contributed by atoms with E-state index in [0.29, 0.717) is 0 Å². The van der Waals surface area contributed by atoms with Crippen molar-refractivity contribution in [2.45, 2.75) is 47.5 Å². The second-order valence-corrected chi connectivity index (χ2v) is 4.10. The molecule has 0 spiro atoms. The quantitative estimate of drug-likeness (QED) is 0.845. The largest absolute Gasteiger partial charge is 0.498 e. The standard InChI is InChI=1S/C8H15NO.C4H9NO.C2H6.H2/c1-2-3-4-9-5-7-10-8-6-9;1-3(2)4(5)6;1-2;/h5,7H,2-4,6,8H2,1H3;3H,1-2H3,(H2,5,6);1-2H3;1H. The molecule has 0 saturated heterocycles. The molecule has 4 heteroatoms. The summed E-state index contributed by atoms with van der Waals surface area (Å²) in [6.45, 7) is 12.8. The normalized spacial score (nSPS) is 12.9. The Balaban J connectivity index is -0.000000249. The lowest BCUT2D eigenvalue weighted by atomic mass is 10.2. The van der Waals surface area contributed by atoms with E-state index in [9.17, 15) is 4.79 Å². The first-order chi connectivity index (χ1) is 8.57. The Morgan fingerprint density at radius 3 is 2.39 bits per heavy atom. The van der Waals surface area contributed by atoms with Gasteiger partial charge in [0.1, 0.15) is 6.61 Å². The van der Waals surface area contributed by atoms with Crippen LogP contribution in [-0.2, 0) is 9.53 Å². The highest BCUT2D eigenvalue weighted by Crippen LogP contribution is 2.00. The number of hydrogen-bond donors (Lipinski definition) is 1. The number of carbonyl (C=O) groups is 1. The lowest BCUT2D eigenvalue weighted by molar-refractivity contribution is -0.120. The summed E-state index contributed by atoms with van der Waals surface area (Å²) in [5.74, 6) is -0.250. The number of nitrogens with two attached hydrogens (primary N) is 1. The number of primary amides is 1. The lowest BCUT2D eigenvalue weighted by Crippen LogP contribution is -2.25. The Morgan fingerprint density at radius 2 is 2.06 bits per heavy atom. The maximum Gasteiger partial charge on any atom is 0.219 e. The van der Waals surface area contributed by atoms with Crippen LogP contribution in [0.3, 0.4) is 0 Å². The number of carbonyl (C=O) groups excluding carboxylic acids is 1. The fraction of sp³-hybridized carbons (Fsp3) is 0.786. The van der Waals surface area contributed by atoms with Crippen LogP contribution in [-0.4, -0.2) is 30.5 Å². The molecule has 1 heterocycles. The van der Waals surface area contributed by atoms with Crippen LogP contribution in [0.25, 0.3) is 0 Å². The monoisotopic (exact) mass is 260 g/mol. The molecule has 1 aliphatic heterocycles. The maximum absolute atomic E-state index is 9.92. The van der Waals surface area contributed by atoms with Crippen molar-refractivity contribution in [3.63, 3.8) is 0 Å². The van der Waals surface area contributed by atoms with E-state index in [2.05, 4.69) is 11.8 Å². The topological polar surface area (TPSA) is 55.6 Å². The number of rotatable bonds is 4. The molecule has 0 atom stereocenters. The summed E-state index contributed by atoms with van der Waals surface area (Å²) in [5, 5.41) is 0. The van der Waals surface area contributed by atoms with E-state index >= 15 is 0 Å². The Labute approximate surface area is 114 Å². The van der Waals surface area contributed by atoms with Crippen molar-refractivity contribution in [2.24, 2.45) is 11.7 Å². The molecule has 0 fully saturated rings. The predicted octanol–water partition coefficient (Wildman–Crippen LogP) is 2.99. The highest BCUT2D eigenvalue weighted by molar-refractivity contribution is 5.75. The molecule has 0 saturated carbocycles. The Bertz CT molecular complexity index is 221. The van der Waals surface area contributed by atoms with Crippen LogP contribution in [0.4, 0.5) is 0 Å². The second kappa shape index (κ2) is 13.9. The molecule has 0 aromatic rings. The molecule has 2 N–H and O–H groups in total. The number of hydrogen-bond acceptors (Lipinski definition) is 3. The van der Waals surface area contributed by atoms with E-state index < -0.39 is 0 Å². The summed E-state index contributed by atoms with van der Waals surface area (Å²) in [4.78, 5) is 12.2. The van der Waals surface area contributed by atoms with Gasteiger partial charge >= 0.3 is 0 Å². The molecule has 18 heavy (non-hydrogen) atoms. The van der Waals surface area contributed by atoms with Crippen molar-refractivity contribution >= 4 is 5.91 Å². The number of unbranched alkanes of at least 4 members (excludes halogenated alkanes) is 1. The van der Waals surface area contributed by atoms with E-state index in [0.717, 1.165) is 13.2 Å². The highest BCUT2D eigenvalue weighted by atomic mass is 16.5. The summed E-state index contributed by atoms with van der Waals surface area (Å²) < 4.78 is 5.06. The van der Waals surface area contributed by atoms with E-state index in [4.69, 9.17) is 10.5 Å². The predicted molar refractivity (Wildman–Crippen MR) is 79.1 cm³/mol. The van der Waals surface area contributed by atoms with Crippen molar-refractivity contribution in [1.82, 2.24) is 4.90 Å². The van der Waals surface area contributed by atoms with E-state index in [1.54, 1.807) is 20.1 Å². The molecule has 1 amide bonds. The molecular weight excluding hydrogens is 228 g/mol. The third kappa shape index (κ3) is 12.9. The Kier molecular flexibility index (Phi) is 14.8. The highest BCUT2D eigenvalue weighted by Gasteiger charge is 2.01. The van der Waals surface area contributed by atoms with Crippen LogP contribution in [0.2, 0.25) is 0 Å². The Morgan fingerprint density at radius 1 is 1.50 bits per heavy atom. The average Bonchev–Trinajstić information content (AvgIpc) is 2.40. The van der Waals surface area contributed by atoms with Gasteiger partial charge in [-0.3, -0.25) is 4.79 Å². The summed E-state index contributed by atoms with van der Waals surface area (Å²) in [6.07, 6.45) is 6.36. The van der Waals surface area contributed by atoms with Crippen molar-refractivity contribution < 1.29 is 11.0 Å². The molecule has 0 aliphatic carbocycles. The van der Waals surface area contributed by atoms with E-state index in [1.165, 1.54) is 19.4 Å². The third-order valence-electron chi connectivity index (χ3n) is 2.23. The summed E-state index contributed by atoms with van der Waals surface area (Å²) >= 11 is 0. The van der Waals surface area contributed by atoms with Crippen LogP contribution in [0.15, 0.2) is 12.5 Å². The van der Waals surface area contributed by atoms with Gasteiger partial charge in [-0.15, -0.1) is 0 Å². The fourth-order valence-corrected chi connectivity index (χ4v) is 0.989. The summed E-state index contributed by atoms with van der Waals surface area (Å²) in [7, 11) is 0. The summed E-state index contributed by atoms with van der Waals surface area (Å²) in [6, 6.07) is 0. The molecule has 1 rings (SSSR count). The van der Waals surface area contributed by atoms with E-state index in [1.807, 2.05) is 20.0 Å². The van der Waals surface area contributed by atoms with Gasteiger partial charge in [0, 0.05) is 20.1 Å². The van der Waals surface area contributed by atoms with Gasteiger partial charge in [-0.1, -0.05) is 41.0 Å². The number of ether oxygens (including phenoxy) is 1. The van der Waals surface area contributed by atoms with Crippen LogP contribution >= 0.6 is 0 Å². The first-order valence-corrected chi connectivity index (χ1v) is 6.89. The zero-order chi connectivity index (χ0) is 14.4. The lowest BCUT2D eigenvalue weighted by Gasteiger charge is -2.22. The van der Waals surface area contributed by atoms with Gasteiger partial charge < -0.3 is 15.4 Å². The summed E-state index contributed by atoms with van der Waals surface area (Å²) in [5.41, 5.74) is 4.80.